The molecule has 1 aliphatic rings. The predicted octanol–water partition coefficient (Wildman–Crippen LogP) is 2.73. The molecule has 0 spiro atoms. The number of hydrogen-bond donors (Lipinski definition) is 1. The maximum absolute atomic E-state index is 9.84. The average molecular weight is 211 g/mol. The second kappa shape index (κ2) is 3.72. The summed E-state index contributed by atoms with van der Waals surface area (Å²) in [5.41, 5.74) is 4.60. The van der Waals surface area contributed by atoms with E-state index in [4.69, 9.17) is 0 Å². The standard InChI is InChI=1S/C14H13NO/c16-14-6-5-10-3-4-11(8-13(10)14)12-2-1-7-15-9-12/h1-4,7-9,14,16H,5-6H2/t14-/m0/s1. The second-order valence-electron chi connectivity index (χ2n) is 4.21. The van der Waals surface area contributed by atoms with Crippen molar-refractivity contribution in [3.63, 3.8) is 0 Å². The Morgan fingerprint density at radius 2 is 2.12 bits per heavy atom. The molecule has 1 aliphatic carbocycles. The Kier molecular flexibility index (Phi) is 2.22. The highest BCUT2D eigenvalue weighted by molar-refractivity contribution is 5.64. The molecule has 1 N–H and O–H groups in total. The maximum atomic E-state index is 9.84. The molecular formula is C14H13NO. The molecule has 0 amide bonds. The van der Waals surface area contributed by atoms with Crippen molar-refractivity contribution >= 4 is 0 Å². The van der Waals surface area contributed by atoms with Crippen LogP contribution in [-0.4, -0.2) is 10.1 Å². The number of aliphatic hydroxyl groups excluding tert-OH is 1. The Labute approximate surface area is 94.6 Å². The largest absolute Gasteiger partial charge is 0.388 e. The number of fused-ring (bicyclic) bond motifs is 1. The van der Waals surface area contributed by atoms with Crippen LogP contribution in [0, 0.1) is 0 Å². The molecule has 3 rings (SSSR count). The summed E-state index contributed by atoms with van der Waals surface area (Å²) in [6, 6.07) is 10.3. The molecule has 0 fully saturated rings. The van der Waals surface area contributed by atoms with Gasteiger partial charge in [-0.2, -0.15) is 0 Å². The third-order valence-corrected chi connectivity index (χ3v) is 3.19. The fraction of sp³-hybridized carbons (Fsp3) is 0.214. The quantitative estimate of drug-likeness (QED) is 0.786. The fourth-order valence-corrected chi connectivity index (χ4v) is 2.29. The molecule has 1 aromatic heterocycles. The first kappa shape index (κ1) is 9.55. The van der Waals surface area contributed by atoms with Crippen LogP contribution in [0.1, 0.15) is 23.7 Å². The molecule has 0 saturated heterocycles. The highest BCUT2D eigenvalue weighted by Gasteiger charge is 2.20. The third kappa shape index (κ3) is 1.51. The minimum Gasteiger partial charge on any atom is -0.388 e. The molecule has 2 aromatic rings. The van der Waals surface area contributed by atoms with Gasteiger partial charge in [0.05, 0.1) is 6.10 Å². The molecule has 0 unspecified atom stereocenters. The lowest BCUT2D eigenvalue weighted by atomic mass is 10.0. The van der Waals surface area contributed by atoms with Gasteiger partial charge in [0.1, 0.15) is 0 Å². The van der Waals surface area contributed by atoms with Crippen molar-refractivity contribution in [2.75, 3.05) is 0 Å². The zero-order valence-electron chi connectivity index (χ0n) is 8.93. The second-order valence-corrected chi connectivity index (χ2v) is 4.21. The molecular weight excluding hydrogens is 198 g/mol. The van der Waals surface area contributed by atoms with Gasteiger partial charge in [0.25, 0.3) is 0 Å². The normalized spacial score (nSPS) is 18.4. The van der Waals surface area contributed by atoms with Crippen LogP contribution in [0.5, 0.6) is 0 Å². The van der Waals surface area contributed by atoms with Crippen molar-refractivity contribution in [2.24, 2.45) is 0 Å². The van der Waals surface area contributed by atoms with Crippen LogP contribution in [0.4, 0.5) is 0 Å². The molecule has 80 valence electrons. The van der Waals surface area contributed by atoms with Gasteiger partial charge in [-0.25, -0.2) is 0 Å². The summed E-state index contributed by atoms with van der Waals surface area (Å²) in [7, 11) is 0. The van der Waals surface area contributed by atoms with Crippen LogP contribution in [0.3, 0.4) is 0 Å². The lowest BCUT2D eigenvalue weighted by Gasteiger charge is -2.07. The third-order valence-electron chi connectivity index (χ3n) is 3.19. The Hall–Kier alpha value is -1.67. The Balaban J connectivity index is 2.08. The highest BCUT2D eigenvalue weighted by atomic mass is 16.3. The van der Waals surface area contributed by atoms with E-state index in [-0.39, 0.29) is 6.10 Å². The van der Waals surface area contributed by atoms with Gasteiger partial charge in [0.2, 0.25) is 0 Å². The van der Waals surface area contributed by atoms with Crippen molar-refractivity contribution in [3.05, 3.63) is 53.9 Å². The van der Waals surface area contributed by atoms with Crippen LogP contribution in [0.25, 0.3) is 11.1 Å². The molecule has 2 nitrogen and oxygen atoms in total. The van der Waals surface area contributed by atoms with Crippen LogP contribution >= 0.6 is 0 Å². The minimum atomic E-state index is -0.286. The van der Waals surface area contributed by atoms with Crippen molar-refractivity contribution < 1.29 is 5.11 Å². The van der Waals surface area contributed by atoms with Gasteiger partial charge in [-0.15, -0.1) is 0 Å². The number of benzene rings is 1. The topological polar surface area (TPSA) is 33.1 Å². The van der Waals surface area contributed by atoms with Crippen LogP contribution in [0.2, 0.25) is 0 Å². The molecule has 0 radical (unpaired) electrons. The van der Waals surface area contributed by atoms with Crippen LogP contribution in [0.15, 0.2) is 42.7 Å². The SMILES string of the molecule is O[C@H]1CCc2ccc(-c3cccnc3)cc21. The van der Waals surface area contributed by atoms with E-state index in [9.17, 15) is 5.11 Å². The van der Waals surface area contributed by atoms with Crippen LogP contribution < -0.4 is 0 Å². The van der Waals surface area contributed by atoms with E-state index in [1.54, 1.807) is 6.20 Å². The zero-order chi connectivity index (χ0) is 11.0. The predicted molar refractivity (Wildman–Crippen MR) is 63.0 cm³/mol. The van der Waals surface area contributed by atoms with Gasteiger partial charge in [-0.1, -0.05) is 18.2 Å². The Bertz CT molecular complexity index is 507. The average Bonchev–Trinajstić information content (AvgIpc) is 2.72. The van der Waals surface area contributed by atoms with Gasteiger partial charge in [-0.05, 0) is 47.2 Å². The number of aliphatic hydroxyl groups is 1. The molecule has 1 atom stereocenters. The molecule has 2 heteroatoms. The van der Waals surface area contributed by atoms with Gasteiger partial charge in [0, 0.05) is 12.4 Å². The molecule has 0 bridgehead atoms. The smallest absolute Gasteiger partial charge is 0.0796 e. The van der Waals surface area contributed by atoms with E-state index < -0.39 is 0 Å². The summed E-state index contributed by atoms with van der Waals surface area (Å²) in [6.45, 7) is 0. The first-order valence-electron chi connectivity index (χ1n) is 5.56. The number of hydrogen-bond acceptors (Lipinski definition) is 2. The summed E-state index contributed by atoms with van der Waals surface area (Å²) in [5.74, 6) is 0. The van der Waals surface area contributed by atoms with Crippen LogP contribution in [-0.2, 0) is 6.42 Å². The van der Waals surface area contributed by atoms with Crippen molar-refractivity contribution in [1.29, 1.82) is 0 Å². The molecule has 16 heavy (non-hydrogen) atoms. The van der Waals surface area contributed by atoms with E-state index in [1.807, 2.05) is 18.3 Å². The van der Waals surface area contributed by atoms with E-state index in [0.29, 0.717) is 0 Å². The number of nitrogens with zero attached hydrogens (tertiary/aromatic N) is 1. The molecule has 1 heterocycles. The molecule has 0 saturated carbocycles. The Morgan fingerprint density at radius 3 is 2.94 bits per heavy atom. The monoisotopic (exact) mass is 211 g/mol. The Morgan fingerprint density at radius 1 is 1.19 bits per heavy atom. The lowest BCUT2D eigenvalue weighted by molar-refractivity contribution is 0.180. The zero-order valence-corrected chi connectivity index (χ0v) is 8.93. The fourth-order valence-electron chi connectivity index (χ4n) is 2.29. The highest BCUT2D eigenvalue weighted by Crippen LogP contribution is 2.33. The number of aryl methyl sites for hydroxylation is 1. The maximum Gasteiger partial charge on any atom is 0.0796 e. The molecule has 0 aliphatic heterocycles. The van der Waals surface area contributed by atoms with E-state index in [2.05, 4.69) is 23.2 Å². The minimum absolute atomic E-state index is 0.286. The summed E-state index contributed by atoms with van der Waals surface area (Å²) >= 11 is 0. The van der Waals surface area contributed by atoms with Crippen molar-refractivity contribution in [2.45, 2.75) is 18.9 Å². The van der Waals surface area contributed by atoms with E-state index >= 15 is 0 Å². The summed E-state index contributed by atoms with van der Waals surface area (Å²) in [6.07, 6.45) is 5.18. The summed E-state index contributed by atoms with van der Waals surface area (Å²) < 4.78 is 0. The van der Waals surface area contributed by atoms with Gasteiger partial charge in [0.15, 0.2) is 0 Å². The first-order valence-corrected chi connectivity index (χ1v) is 5.56. The van der Waals surface area contributed by atoms with Gasteiger partial charge >= 0.3 is 0 Å². The van der Waals surface area contributed by atoms with Crippen molar-refractivity contribution in [1.82, 2.24) is 4.98 Å². The number of rotatable bonds is 1. The van der Waals surface area contributed by atoms with Gasteiger partial charge in [-0.3, -0.25) is 4.98 Å². The first-order chi connectivity index (χ1) is 7.84. The van der Waals surface area contributed by atoms with Gasteiger partial charge < -0.3 is 5.11 Å². The lowest BCUT2D eigenvalue weighted by Crippen LogP contribution is -1.91. The van der Waals surface area contributed by atoms with E-state index in [0.717, 1.165) is 29.5 Å². The number of pyridine rings is 1. The van der Waals surface area contributed by atoms with E-state index in [1.165, 1.54) is 5.56 Å². The summed E-state index contributed by atoms with van der Waals surface area (Å²) in [5, 5.41) is 9.84. The number of aromatic nitrogens is 1. The summed E-state index contributed by atoms with van der Waals surface area (Å²) in [4.78, 5) is 4.11. The van der Waals surface area contributed by atoms with Crippen molar-refractivity contribution in [3.8, 4) is 11.1 Å². The molecule has 1 aromatic carbocycles.